The predicted octanol–water partition coefficient (Wildman–Crippen LogP) is 4.60. The van der Waals surface area contributed by atoms with Crippen molar-refractivity contribution in [2.24, 2.45) is 5.92 Å². The maximum absolute atomic E-state index is 13.4. The number of imidazole rings is 1. The van der Waals surface area contributed by atoms with Crippen LogP contribution in [0.2, 0.25) is 0 Å². The van der Waals surface area contributed by atoms with Crippen LogP contribution in [0.15, 0.2) is 47.8 Å². The summed E-state index contributed by atoms with van der Waals surface area (Å²) in [4.78, 5) is 35.9. The van der Waals surface area contributed by atoms with Gasteiger partial charge in [-0.3, -0.25) is 9.59 Å². The van der Waals surface area contributed by atoms with Gasteiger partial charge < -0.3 is 15.6 Å². The molecule has 9 heteroatoms. The zero-order chi connectivity index (χ0) is 22.0. The van der Waals surface area contributed by atoms with Gasteiger partial charge in [0.2, 0.25) is 11.8 Å². The smallest absolute Gasteiger partial charge is 0.230 e. The molecule has 0 radical (unpaired) electrons. The van der Waals surface area contributed by atoms with Gasteiger partial charge in [0.05, 0.1) is 23.1 Å². The summed E-state index contributed by atoms with van der Waals surface area (Å²) < 4.78 is 13.4. The molecule has 3 N–H and O–H groups in total. The van der Waals surface area contributed by atoms with Gasteiger partial charge in [-0.15, -0.1) is 11.3 Å². The first-order valence-corrected chi connectivity index (χ1v) is 10.6. The molecule has 0 aliphatic carbocycles. The molecule has 0 aliphatic rings. The molecule has 4 rings (SSSR count). The van der Waals surface area contributed by atoms with Crippen LogP contribution in [0.5, 0.6) is 0 Å². The summed E-state index contributed by atoms with van der Waals surface area (Å²) >= 11 is 1.29. The minimum Gasteiger partial charge on any atom is -0.338 e. The third-order valence-corrected chi connectivity index (χ3v) is 5.34. The number of carbonyl (C=O) groups is 2. The molecular formula is C22H20FN5O2S. The number of thiazole rings is 1. The number of anilines is 2. The van der Waals surface area contributed by atoms with Gasteiger partial charge in [0.25, 0.3) is 0 Å². The lowest BCUT2D eigenvalue weighted by atomic mass is 10.2. The Bertz CT molecular complexity index is 1250. The highest BCUT2D eigenvalue weighted by molar-refractivity contribution is 7.13. The molecule has 31 heavy (non-hydrogen) atoms. The molecule has 0 bridgehead atoms. The maximum Gasteiger partial charge on any atom is 0.230 e. The molecule has 7 nitrogen and oxygen atoms in total. The molecule has 2 aromatic carbocycles. The molecule has 0 fully saturated rings. The van der Waals surface area contributed by atoms with Crippen LogP contribution in [0.3, 0.4) is 0 Å². The molecule has 0 saturated heterocycles. The highest BCUT2D eigenvalue weighted by Gasteiger charge is 2.12. The van der Waals surface area contributed by atoms with E-state index in [1.54, 1.807) is 37.4 Å². The third-order valence-electron chi connectivity index (χ3n) is 4.53. The highest BCUT2D eigenvalue weighted by atomic mass is 32.1. The predicted molar refractivity (Wildman–Crippen MR) is 119 cm³/mol. The van der Waals surface area contributed by atoms with E-state index in [1.165, 1.54) is 23.5 Å². The van der Waals surface area contributed by atoms with Crippen molar-refractivity contribution in [3.8, 4) is 11.4 Å². The fourth-order valence-electron chi connectivity index (χ4n) is 2.89. The SMILES string of the molecule is CC(C)C(=O)Nc1nc(CC(=O)Nc2ccc(-c3nc4ccc(F)cc4[nH]3)cc2)cs1. The van der Waals surface area contributed by atoms with E-state index in [9.17, 15) is 14.0 Å². The summed E-state index contributed by atoms with van der Waals surface area (Å²) in [6, 6.07) is 11.6. The number of H-pyrrole nitrogens is 1. The van der Waals surface area contributed by atoms with Crippen LogP contribution in [0.25, 0.3) is 22.4 Å². The molecule has 0 atom stereocenters. The summed E-state index contributed by atoms with van der Waals surface area (Å²) in [5.41, 5.74) is 3.35. The average molecular weight is 438 g/mol. The van der Waals surface area contributed by atoms with E-state index in [0.29, 0.717) is 33.4 Å². The van der Waals surface area contributed by atoms with Gasteiger partial charge in [0.1, 0.15) is 11.6 Å². The number of hydrogen-bond acceptors (Lipinski definition) is 5. The fourth-order valence-corrected chi connectivity index (χ4v) is 3.61. The number of rotatable bonds is 6. The number of benzene rings is 2. The average Bonchev–Trinajstić information content (AvgIpc) is 3.34. The standard InChI is InChI=1S/C22H20FN5O2S/c1-12(2)21(30)28-22-25-16(11-31-22)10-19(29)24-15-6-3-13(4-7-15)20-26-17-8-5-14(23)9-18(17)27-20/h3-9,11-12H,10H2,1-2H3,(H,24,29)(H,26,27)(H,25,28,30). The Balaban J connectivity index is 1.38. The largest absolute Gasteiger partial charge is 0.338 e. The summed E-state index contributed by atoms with van der Waals surface area (Å²) in [5.74, 6) is -0.161. The molecule has 0 aliphatic heterocycles. The van der Waals surface area contributed by atoms with E-state index in [2.05, 4.69) is 25.6 Å². The van der Waals surface area contributed by atoms with Gasteiger partial charge in [-0.1, -0.05) is 13.8 Å². The van der Waals surface area contributed by atoms with Gasteiger partial charge in [0.15, 0.2) is 5.13 Å². The monoisotopic (exact) mass is 437 g/mol. The zero-order valence-electron chi connectivity index (χ0n) is 16.9. The number of nitrogens with one attached hydrogen (secondary N) is 3. The van der Waals surface area contributed by atoms with Gasteiger partial charge in [-0.2, -0.15) is 0 Å². The van der Waals surface area contributed by atoms with Crippen molar-refractivity contribution in [1.82, 2.24) is 15.0 Å². The van der Waals surface area contributed by atoms with E-state index >= 15 is 0 Å². The van der Waals surface area contributed by atoms with Crippen LogP contribution >= 0.6 is 11.3 Å². The van der Waals surface area contributed by atoms with Crippen LogP contribution in [-0.2, 0) is 16.0 Å². The second-order valence-corrected chi connectivity index (χ2v) is 8.20. The van der Waals surface area contributed by atoms with Crippen molar-refractivity contribution in [2.45, 2.75) is 20.3 Å². The van der Waals surface area contributed by atoms with E-state index in [1.807, 2.05) is 12.1 Å². The molecule has 0 spiro atoms. The number of nitrogens with zero attached hydrogens (tertiary/aromatic N) is 2. The minimum absolute atomic E-state index is 0.102. The molecule has 2 aromatic heterocycles. The summed E-state index contributed by atoms with van der Waals surface area (Å²) in [6.07, 6.45) is 0.102. The normalized spacial score (nSPS) is 11.1. The molecular weight excluding hydrogens is 417 g/mol. The van der Waals surface area contributed by atoms with Crippen molar-refractivity contribution in [2.75, 3.05) is 10.6 Å². The van der Waals surface area contributed by atoms with Crippen molar-refractivity contribution >= 4 is 45.0 Å². The zero-order valence-corrected chi connectivity index (χ0v) is 17.7. The van der Waals surface area contributed by atoms with E-state index < -0.39 is 0 Å². The lowest BCUT2D eigenvalue weighted by molar-refractivity contribution is -0.119. The quantitative estimate of drug-likeness (QED) is 0.410. The van der Waals surface area contributed by atoms with Gasteiger partial charge in [0, 0.05) is 22.5 Å². The number of fused-ring (bicyclic) bond motifs is 1. The van der Waals surface area contributed by atoms with Crippen LogP contribution < -0.4 is 10.6 Å². The van der Waals surface area contributed by atoms with E-state index in [-0.39, 0.29) is 30.0 Å². The molecule has 2 amide bonds. The number of carbonyl (C=O) groups excluding carboxylic acids is 2. The third kappa shape index (κ3) is 4.95. The minimum atomic E-state index is -0.324. The van der Waals surface area contributed by atoms with Crippen molar-refractivity contribution in [3.05, 3.63) is 59.4 Å². The van der Waals surface area contributed by atoms with Crippen molar-refractivity contribution in [1.29, 1.82) is 0 Å². The summed E-state index contributed by atoms with van der Waals surface area (Å²) in [6.45, 7) is 3.60. The maximum atomic E-state index is 13.4. The first-order chi connectivity index (χ1) is 14.9. The molecule has 158 valence electrons. The Morgan fingerprint density at radius 3 is 2.61 bits per heavy atom. The fraction of sp³-hybridized carbons (Fsp3) is 0.182. The lowest BCUT2D eigenvalue weighted by Crippen LogP contribution is -2.18. The van der Waals surface area contributed by atoms with Crippen LogP contribution in [0.1, 0.15) is 19.5 Å². The van der Waals surface area contributed by atoms with Crippen molar-refractivity contribution < 1.29 is 14.0 Å². The summed E-state index contributed by atoms with van der Waals surface area (Å²) in [7, 11) is 0. The Labute approximate surface area is 181 Å². The van der Waals surface area contributed by atoms with Crippen LogP contribution in [0, 0.1) is 11.7 Å². The van der Waals surface area contributed by atoms with Crippen molar-refractivity contribution in [3.63, 3.8) is 0 Å². The van der Waals surface area contributed by atoms with Gasteiger partial charge >= 0.3 is 0 Å². The number of aromatic nitrogens is 3. The molecule has 4 aromatic rings. The number of amides is 2. The van der Waals surface area contributed by atoms with Gasteiger partial charge in [-0.25, -0.2) is 14.4 Å². The molecule has 0 saturated carbocycles. The van der Waals surface area contributed by atoms with E-state index in [0.717, 1.165) is 5.56 Å². The second kappa shape index (κ2) is 8.65. The first kappa shape index (κ1) is 20.7. The Morgan fingerprint density at radius 2 is 1.87 bits per heavy atom. The van der Waals surface area contributed by atoms with Gasteiger partial charge in [-0.05, 0) is 42.5 Å². The number of halogens is 1. The Hall–Kier alpha value is -3.59. The first-order valence-electron chi connectivity index (χ1n) is 9.68. The number of hydrogen-bond donors (Lipinski definition) is 3. The second-order valence-electron chi connectivity index (χ2n) is 7.34. The summed E-state index contributed by atoms with van der Waals surface area (Å²) in [5, 5.41) is 7.79. The van der Waals surface area contributed by atoms with Crippen LogP contribution in [-0.4, -0.2) is 26.8 Å². The Kier molecular flexibility index (Phi) is 5.77. The highest BCUT2D eigenvalue weighted by Crippen LogP contribution is 2.23. The topological polar surface area (TPSA) is 99.8 Å². The lowest BCUT2D eigenvalue weighted by Gasteiger charge is -2.05. The van der Waals surface area contributed by atoms with E-state index in [4.69, 9.17) is 0 Å². The Morgan fingerprint density at radius 1 is 1.10 bits per heavy atom. The van der Waals surface area contributed by atoms with Crippen LogP contribution in [0.4, 0.5) is 15.2 Å². The number of aromatic amines is 1. The molecule has 2 heterocycles. The molecule has 0 unspecified atom stereocenters.